The quantitative estimate of drug-likeness (QED) is 0.356. The lowest BCUT2D eigenvalue weighted by Gasteiger charge is -2.05. The number of carbonyl (C=O) groups is 1. The van der Waals surface area contributed by atoms with Crippen molar-refractivity contribution in [1.29, 1.82) is 0 Å². The topological polar surface area (TPSA) is 69.4 Å². The summed E-state index contributed by atoms with van der Waals surface area (Å²) in [6.45, 7) is -0.302. The number of nitrogens with zero attached hydrogens (tertiary/aromatic N) is 1. The Bertz CT molecular complexity index is 756. The number of esters is 1. The van der Waals surface area contributed by atoms with Crippen molar-refractivity contribution >= 4 is 29.3 Å². The SMILES string of the molecule is O=C(/C=C/c1cccc([N+](=O)[O-])c1)OCc1c(F)cccc1Cl. The highest BCUT2D eigenvalue weighted by Gasteiger charge is 2.09. The molecule has 118 valence electrons. The molecule has 0 N–H and O–H groups in total. The average molecular weight is 336 g/mol. The number of halogens is 2. The van der Waals surface area contributed by atoms with Gasteiger partial charge in [-0.15, -0.1) is 0 Å². The van der Waals surface area contributed by atoms with Crippen LogP contribution in [0, 0.1) is 15.9 Å². The molecule has 0 aliphatic heterocycles. The molecule has 0 heterocycles. The van der Waals surface area contributed by atoms with Crippen LogP contribution in [0.15, 0.2) is 48.5 Å². The Balaban J connectivity index is 1.99. The van der Waals surface area contributed by atoms with Crippen molar-refractivity contribution in [3.63, 3.8) is 0 Å². The fraction of sp³-hybridized carbons (Fsp3) is 0.0625. The molecule has 0 saturated carbocycles. The second kappa shape index (κ2) is 7.51. The van der Waals surface area contributed by atoms with Gasteiger partial charge >= 0.3 is 5.97 Å². The van der Waals surface area contributed by atoms with Crippen molar-refractivity contribution in [3.8, 4) is 0 Å². The van der Waals surface area contributed by atoms with E-state index in [4.69, 9.17) is 16.3 Å². The summed E-state index contributed by atoms with van der Waals surface area (Å²) in [4.78, 5) is 21.7. The molecule has 0 aromatic heterocycles. The van der Waals surface area contributed by atoms with E-state index in [-0.39, 0.29) is 22.9 Å². The van der Waals surface area contributed by atoms with Crippen LogP contribution in [0.25, 0.3) is 6.08 Å². The molecule has 0 aliphatic carbocycles. The minimum absolute atomic E-state index is 0.0846. The first-order chi connectivity index (χ1) is 11.0. The molecular weight excluding hydrogens is 325 g/mol. The number of carbonyl (C=O) groups excluding carboxylic acids is 1. The van der Waals surface area contributed by atoms with E-state index in [1.54, 1.807) is 6.07 Å². The summed E-state index contributed by atoms with van der Waals surface area (Å²) in [6.07, 6.45) is 2.48. The van der Waals surface area contributed by atoms with Gasteiger partial charge in [0.15, 0.2) is 0 Å². The Morgan fingerprint density at radius 2 is 2.04 bits per heavy atom. The second-order valence-electron chi connectivity index (χ2n) is 4.49. The summed E-state index contributed by atoms with van der Waals surface area (Å²) in [5, 5.41) is 10.8. The van der Waals surface area contributed by atoms with E-state index in [2.05, 4.69) is 0 Å². The van der Waals surface area contributed by atoms with Crippen LogP contribution in [-0.4, -0.2) is 10.9 Å². The lowest BCUT2D eigenvalue weighted by molar-refractivity contribution is -0.384. The molecule has 0 atom stereocenters. The van der Waals surface area contributed by atoms with Crippen molar-refractivity contribution in [2.24, 2.45) is 0 Å². The molecule has 0 amide bonds. The Hall–Kier alpha value is -2.73. The number of benzene rings is 2. The molecule has 23 heavy (non-hydrogen) atoms. The molecule has 2 aromatic carbocycles. The van der Waals surface area contributed by atoms with Crippen molar-refractivity contribution in [1.82, 2.24) is 0 Å². The van der Waals surface area contributed by atoms with Gasteiger partial charge in [-0.3, -0.25) is 10.1 Å². The van der Waals surface area contributed by atoms with E-state index in [1.807, 2.05) is 0 Å². The lowest BCUT2D eigenvalue weighted by Crippen LogP contribution is -2.03. The summed E-state index contributed by atoms with van der Waals surface area (Å²) < 4.78 is 18.4. The largest absolute Gasteiger partial charge is 0.457 e. The number of nitro benzene ring substituents is 1. The predicted molar refractivity (Wildman–Crippen MR) is 83.3 cm³/mol. The van der Waals surface area contributed by atoms with Crippen molar-refractivity contribution in [3.05, 3.63) is 80.6 Å². The van der Waals surface area contributed by atoms with E-state index in [1.165, 1.54) is 42.5 Å². The highest BCUT2D eigenvalue weighted by atomic mass is 35.5. The van der Waals surface area contributed by atoms with Gasteiger partial charge in [0.05, 0.1) is 9.95 Å². The second-order valence-corrected chi connectivity index (χ2v) is 4.90. The Kier molecular flexibility index (Phi) is 5.43. The maximum Gasteiger partial charge on any atom is 0.331 e. The third-order valence-corrected chi connectivity index (χ3v) is 3.27. The first kappa shape index (κ1) is 16.6. The van der Waals surface area contributed by atoms with E-state index >= 15 is 0 Å². The number of hydrogen-bond acceptors (Lipinski definition) is 4. The Labute approximate surface area is 136 Å². The molecule has 2 aromatic rings. The van der Waals surface area contributed by atoms with Crippen molar-refractivity contribution in [2.45, 2.75) is 6.61 Å². The molecule has 0 unspecified atom stereocenters. The fourth-order valence-corrected chi connectivity index (χ4v) is 1.99. The molecule has 0 radical (unpaired) electrons. The van der Waals surface area contributed by atoms with Crippen molar-refractivity contribution in [2.75, 3.05) is 0 Å². The molecule has 0 spiro atoms. The zero-order valence-corrected chi connectivity index (χ0v) is 12.5. The van der Waals surface area contributed by atoms with Gasteiger partial charge in [0.1, 0.15) is 12.4 Å². The number of rotatable bonds is 5. The van der Waals surface area contributed by atoms with E-state index in [9.17, 15) is 19.3 Å². The number of nitro groups is 1. The summed E-state index contributed by atoms with van der Waals surface area (Å²) in [6, 6.07) is 9.92. The van der Waals surface area contributed by atoms with Gasteiger partial charge in [-0.25, -0.2) is 9.18 Å². The summed E-state index contributed by atoms with van der Waals surface area (Å²) in [5.41, 5.74) is 0.477. The van der Waals surface area contributed by atoms with Crippen LogP contribution in [0.3, 0.4) is 0 Å². The van der Waals surface area contributed by atoms with Gasteiger partial charge in [-0.1, -0.05) is 29.8 Å². The van der Waals surface area contributed by atoms with Crippen LogP contribution >= 0.6 is 11.6 Å². The molecule has 5 nitrogen and oxygen atoms in total. The van der Waals surface area contributed by atoms with Gasteiger partial charge in [0.2, 0.25) is 0 Å². The molecule has 7 heteroatoms. The molecule has 0 saturated heterocycles. The third kappa shape index (κ3) is 4.62. The van der Waals surface area contributed by atoms with Crippen LogP contribution in [0.5, 0.6) is 0 Å². The highest BCUT2D eigenvalue weighted by molar-refractivity contribution is 6.31. The standard InChI is InChI=1S/C16H11ClFNO4/c17-14-5-2-6-15(18)13(14)10-23-16(20)8-7-11-3-1-4-12(9-11)19(21)22/h1-9H,10H2/b8-7+. The zero-order chi connectivity index (χ0) is 16.8. The van der Waals surface area contributed by atoms with Crippen LogP contribution < -0.4 is 0 Å². The maximum atomic E-state index is 13.5. The first-order valence-corrected chi connectivity index (χ1v) is 6.87. The number of non-ortho nitro benzene ring substituents is 1. The van der Waals surface area contributed by atoms with Crippen LogP contribution in [0.1, 0.15) is 11.1 Å². The predicted octanol–water partition coefficient (Wildman–Crippen LogP) is 4.14. The Morgan fingerprint density at radius 1 is 1.30 bits per heavy atom. The first-order valence-electron chi connectivity index (χ1n) is 6.49. The van der Waals surface area contributed by atoms with E-state index < -0.39 is 16.7 Å². The fourth-order valence-electron chi connectivity index (χ4n) is 1.77. The highest BCUT2D eigenvalue weighted by Crippen LogP contribution is 2.20. The Morgan fingerprint density at radius 3 is 2.74 bits per heavy atom. The number of hydrogen-bond donors (Lipinski definition) is 0. The van der Waals surface area contributed by atoms with Crippen LogP contribution in [0.2, 0.25) is 5.02 Å². The van der Waals surface area contributed by atoms with Crippen LogP contribution in [-0.2, 0) is 16.1 Å². The molecule has 0 aliphatic rings. The summed E-state index contributed by atoms with van der Waals surface area (Å²) in [5.74, 6) is -1.27. The van der Waals surface area contributed by atoms with Gasteiger partial charge in [-0.05, 0) is 23.8 Å². The normalized spacial score (nSPS) is 10.7. The molecule has 0 fully saturated rings. The summed E-state index contributed by atoms with van der Waals surface area (Å²) >= 11 is 5.82. The smallest absolute Gasteiger partial charge is 0.331 e. The molecular formula is C16H11ClFNO4. The third-order valence-electron chi connectivity index (χ3n) is 2.91. The van der Waals surface area contributed by atoms with Gasteiger partial charge < -0.3 is 4.74 Å². The van der Waals surface area contributed by atoms with Crippen LogP contribution in [0.4, 0.5) is 10.1 Å². The number of ether oxygens (including phenoxy) is 1. The van der Waals surface area contributed by atoms with Crippen molar-refractivity contribution < 1.29 is 18.8 Å². The lowest BCUT2D eigenvalue weighted by atomic mass is 10.2. The zero-order valence-electron chi connectivity index (χ0n) is 11.7. The maximum absolute atomic E-state index is 13.5. The van der Waals surface area contributed by atoms with Gasteiger partial charge in [0, 0.05) is 23.8 Å². The minimum atomic E-state index is -0.712. The minimum Gasteiger partial charge on any atom is -0.457 e. The van der Waals surface area contributed by atoms with E-state index in [0.717, 1.165) is 6.08 Å². The van der Waals surface area contributed by atoms with E-state index in [0.29, 0.717) is 5.56 Å². The summed E-state index contributed by atoms with van der Waals surface area (Å²) in [7, 11) is 0. The average Bonchev–Trinajstić information content (AvgIpc) is 2.52. The van der Waals surface area contributed by atoms with Gasteiger partial charge in [-0.2, -0.15) is 0 Å². The molecule has 2 rings (SSSR count). The van der Waals surface area contributed by atoms with Gasteiger partial charge in [0.25, 0.3) is 5.69 Å². The molecule has 0 bridgehead atoms. The monoisotopic (exact) mass is 335 g/mol.